The fraction of sp³-hybridized carbons (Fsp3) is 0.409. The largest absolute Gasteiger partial charge is 0.497 e. The summed E-state index contributed by atoms with van der Waals surface area (Å²) in [5, 5.41) is 0. The third-order valence-electron chi connectivity index (χ3n) is 5.14. The van der Waals surface area contributed by atoms with Gasteiger partial charge in [0.15, 0.2) is 0 Å². The molecule has 1 saturated heterocycles. The molecule has 0 aliphatic carbocycles. The van der Waals surface area contributed by atoms with Crippen LogP contribution in [-0.2, 0) is 11.3 Å². The Bertz CT molecular complexity index is 710. The van der Waals surface area contributed by atoms with Crippen LogP contribution in [0, 0.1) is 0 Å². The Hall–Kier alpha value is -2.53. The van der Waals surface area contributed by atoms with Crippen LogP contribution in [0.3, 0.4) is 0 Å². The molecule has 0 bridgehead atoms. The molecule has 0 atom stereocenters. The second-order valence-electron chi connectivity index (χ2n) is 7.01. The molecule has 1 amide bonds. The molecule has 0 aromatic heterocycles. The number of ether oxygens (including phenoxy) is 1. The Morgan fingerprint density at radius 3 is 2.30 bits per heavy atom. The van der Waals surface area contributed by atoms with Crippen molar-refractivity contribution in [2.45, 2.75) is 13.0 Å². The molecule has 0 unspecified atom stereocenters. The molecule has 1 fully saturated rings. The molecule has 0 N–H and O–H groups in total. The molecule has 0 radical (unpaired) electrons. The number of nitrogens with zero attached hydrogens (tertiary/aromatic N) is 3. The highest BCUT2D eigenvalue weighted by atomic mass is 16.5. The van der Waals surface area contributed by atoms with Gasteiger partial charge in [-0.25, -0.2) is 0 Å². The van der Waals surface area contributed by atoms with Gasteiger partial charge in [-0.1, -0.05) is 30.3 Å². The standard InChI is InChI=1S/C22H29N3O2/c1-23(18-19-6-4-3-5-7-19)22(26)12-13-24-14-16-25(17-15-24)20-8-10-21(27-2)11-9-20/h3-11H,12-18H2,1-2H3. The maximum Gasteiger partial charge on any atom is 0.223 e. The molecule has 2 aromatic rings. The molecule has 3 rings (SSSR count). The van der Waals surface area contributed by atoms with E-state index in [0.29, 0.717) is 13.0 Å². The summed E-state index contributed by atoms with van der Waals surface area (Å²) in [6, 6.07) is 18.4. The molecule has 1 aliphatic heterocycles. The first-order chi connectivity index (χ1) is 13.2. The molecule has 27 heavy (non-hydrogen) atoms. The van der Waals surface area contributed by atoms with Crippen LogP contribution in [0.1, 0.15) is 12.0 Å². The van der Waals surface area contributed by atoms with Crippen molar-refractivity contribution in [1.29, 1.82) is 0 Å². The molecule has 1 heterocycles. The number of hydrogen-bond acceptors (Lipinski definition) is 4. The number of carbonyl (C=O) groups excluding carboxylic acids is 1. The van der Waals surface area contributed by atoms with Gasteiger partial charge in [0.2, 0.25) is 5.91 Å². The van der Waals surface area contributed by atoms with E-state index in [1.807, 2.05) is 42.3 Å². The Balaban J connectivity index is 1.40. The first-order valence-corrected chi connectivity index (χ1v) is 9.55. The molecule has 0 saturated carbocycles. The lowest BCUT2D eigenvalue weighted by Crippen LogP contribution is -2.47. The van der Waals surface area contributed by atoms with Crippen molar-refractivity contribution < 1.29 is 9.53 Å². The average molecular weight is 367 g/mol. The van der Waals surface area contributed by atoms with Crippen LogP contribution in [0.25, 0.3) is 0 Å². The van der Waals surface area contributed by atoms with Gasteiger partial charge in [-0.3, -0.25) is 9.69 Å². The third kappa shape index (κ3) is 5.47. The van der Waals surface area contributed by atoms with Crippen LogP contribution >= 0.6 is 0 Å². The second-order valence-corrected chi connectivity index (χ2v) is 7.01. The normalized spacial score (nSPS) is 14.8. The van der Waals surface area contributed by atoms with E-state index in [4.69, 9.17) is 4.74 Å². The van der Waals surface area contributed by atoms with Crippen LogP contribution in [0.15, 0.2) is 54.6 Å². The van der Waals surface area contributed by atoms with E-state index < -0.39 is 0 Å². The summed E-state index contributed by atoms with van der Waals surface area (Å²) < 4.78 is 5.22. The molecule has 5 nitrogen and oxygen atoms in total. The van der Waals surface area contributed by atoms with Crippen molar-refractivity contribution in [3.63, 3.8) is 0 Å². The topological polar surface area (TPSA) is 36.0 Å². The number of rotatable bonds is 7. The zero-order chi connectivity index (χ0) is 19.1. The minimum atomic E-state index is 0.205. The van der Waals surface area contributed by atoms with Gasteiger partial charge in [-0.15, -0.1) is 0 Å². The third-order valence-corrected chi connectivity index (χ3v) is 5.14. The number of amides is 1. The number of methoxy groups -OCH3 is 1. The fourth-order valence-electron chi connectivity index (χ4n) is 3.41. The van der Waals surface area contributed by atoms with Gasteiger partial charge in [0.1, 0.15) is 5.75 Å². The van der Waals surface area contributed by atoms with Crippen molar-refractivity contribution in [1.82, 2.24) is 9.80 Å². The highest BCUT2D eigenvalue weighted by Gasteiger charge is 2.18. The van der Waals surface area contributed by atoms with Crippen molar-refractivity contribution >= 4 is 11.6 Å². The van der Waals surface area contributed by atoms with Gasteiger partial charge in [0, 0.05) is 58.4 Å². The number of carbonyl (C=O) groups is 1. The van der Waals surface area contributed by atoms with E-state index in [2.05, 4.69) is 34.1 Å². The lowest BCUT2D eigenvalue weighted by atomic mass is 10.2. The molecule has 144 valence electrons. The highest BCUT2D eigenvalue weighted by molar-refractivity contribution is 5.76. The van der Waals surface area contributed by atoms with Crippen molar-refractivity contribution in [3.05, 3.63) is 60.2 Å². The van der Waals surface area contributed by atoms with Crippen LogP contribution < -0.4 is 9.64 Å². The summed E-state index contributed by atoms with van der Waals surface area (Å²) in [7, 11) is 3.57. The Labute approximate surface area is 162 Å². The molecule has 5 heteroatoms. The maximum absolute atomic E-state index is 12.4. The highest BCUT2D eigenvalue weighted by Crippen LogP contribution is 2.20. The minimum absolute atomic E-state index is 0.205. The SMILES string of the molecule is COc1ccc(N2CCN(CCC(=O)N(C)Cc3ccccc3)CC2)cc1. The van der Waals surface area contributed by atoms with Crippen molar-refractivity contribution in [2.24, 2.45) is 0 Å². The number of anilines is 1. The molecular formula is C22H29N3O2. The van der Waals surface area contributed by atoms with E-state index >= 15 is 0 Å². The smallest absolute Gasteiger partial charge is 0.223 e. The zero-order valence-electron chi connectivity index (χ0n) is 16.3. The molecule has 0 spiro atoms. The summed E-state index contributed by atoms with van der Waals surface area (Å²) in [5.74, 6) is 1.09. The number of hydrogen-bond donors (Lipinski definition) is 0. The van der Waals surface area contributed by atoms with Gasteiger partial charge in [-0.05, 0) is 29.8 Å². The Kier molecular flexibility index (Phi) is 6.71. The average Bonchev–Trinajstić information content (AvgIpc) is 2.73. The Morgan fingerprint density at radius 1 is 1.00 bits per heavy atom. The zero-order valence-corrected chi connectivity index (χ0v) is 16.3. The van der Waals surface area contributed by atoms with Crippen LogP contribution in [0.4, 0.5) is 5.69 Å². The summed E-state index contributed by atoms with van der Waals surface area (Å²) >= 11 is 0. The molecule has 1 aliphatic rings. The minimum Gasteiger partial charge on any atom is -0.497 e. The van der Waals surface area contributed by atoms with Gasteiger partial charge in [0.25, 0.3) is 0 Å². The summed E-state index contributed by atoms with van der Waals surface area (Å²) in [6.45, 7) is 5.45. The second kappa shape index (κ2) is 9.42. The van der Waals surface area contributed by atoms with Crippen LogP contribution in [0.5, 0.6) is 5.75 Å². The fourth-order valence-corrected chi connectivity index (χ4v) is 3.41. The monoisotopic (exact) mass is 367 g/mol. The molecular weight excluding hydrogens is 338 g/mol. The lowest BCUT2D eigenvalue weighted by molar-refractivity contribution is -0.130. The van der Waals surface area contributed by atoms with Crippen LogP contribution in [-0.4, -0.2) is 62.6 Å². The number of piperazine rings is 1. The quantitative estimate of drug-likeness (QED) is 0.754. The van der Waals surface area contributed by atoms with E-state index in [1.54, 1.807) is 7.11 Å². The molecule has 2 aromatic carbocycles. The van der Waals surface area contributed by atoms with Gasteiger partial charge in [-0.2, -0.15) is 0 Å². The van der Waals surface area contributed by atoms with E-state index in [1.165, 1.54) is 11.3 Å². The first kappa shape index (κ1) is 19.2. The van der Waals surface area contributed by atoms with Crippen molar-refractivity contribution in [2.75, 3.05) is 51.8 Å². The van der Waals surface area contributed by atoms with Gasteiger partial charge >= 0.3 is 0 Å². The predicted octanol–water partition coefficient (Wildman–Crippen LogP) is 2.87. The lowest BCUT2D eigenvalue weighted by Gasteiger charge is -2.36. The van der Waals surface area contributed by atoms with E-state index in [-0.39, 0.29) is 5.91 Å². The van der Waals surface area contributed by atoms with Gasteiger partial charge < -0.3 is 14.5 Å². The summed E-state index contributed by atoms with van der Waals surface area (Å²) in [5.41, 5.74) is 2.40. The van der Waals surface area contributed by atoms with E-state index in [0.717, 1.165) is 38.5 Å². The van der Waals surface area contributed by atoms with Gasteiger partial charge in [0.05, 0.1) is 7.11 Å². The predicted molar refractivity (Wildman–Crippen MR) is 109 cm³/mol. The van der Waals surface area contributed by atoms with Crippen LogP contribution in [0.2, 0.25) is 0 Å². The maximum atomic E-state index is 12.4. The van der Waals surface area contributed by atoms with Crippen molar-refractivity contribution in [3.8, 4) is 5.75 Å². The summed E-state index contributed by atoms with van der Waals surface area (Å²) in [6.07, 6.45) is 0.575. The summed E-state index contributed by atoms with van der Waals surface area (Å²) in [4.78, 5) is 19.0. The Morgan fingerprint density at radius 2 is 1.67 bits per heavy atom. The number of benzene rings is 2. The van der Waals surface area contributed by atoms with E-state index in [9.17, 15) is 4.79 Å². The first-order valence-electron chi connectivity index (χ1n) is 9.55.